The third-order valence-electron chi connectivity index (χ3n) is 3.90. The van der Waals surface area contributed by atoms with Gasteiger partial charge in [0.15, 0.2) is 0 Å². The average Bonchev–Trinajstić information content (AvgIpc) is 2.72. The Morgan fingerprint density at radius 3 is 2.37 bits per heavy atom. The summed E-state index contributed by atoms with van der Waals surface area (Å²) in [5.74, 6) is -0.0965. The van der Waals surface area contributed by atoms with Gasteiger partial charge in [0, 0.05) is 6.54 Å². The zero-order valence-electron chi connectivity index (χ0n) is 11.2. The highest BCUT2D eigenvalue weighted by molar-refractivity contribution is 5.85. The second-order valence-electron chi connectivity index (χ2n) is 5.28. The summed E-state index contributed by atoms with van der Waals surface area (Å²) in [6, 6.07) is 12.1. The lowest BCUT2D eigenvalue weighted by atomic mass is 9.81. The van der Waals surface area contributed by atoms with Gasteiger partial charge in [0.1, 0.15) is 5.41 Å². The Morgan fingerprint density at radius 2 is 1.79 bits per heavy atom. The Kier molecular flexibility index (Phi) is 4.57. The van der Waals surface area contributed by atoms with Gasteiger partial charge in [-0.2, -0.15) is 5.26 Å². The molecule has 0 aliphatic heterocycles. The fraction of sp³-hybridized carbons (Fsp3) is 0.500. The summed E-state index contributed by atoms with van der Waals surface area (Å²) in [4.78, 5) is 12.3. The zero-order valence-corrected chi connectivity index (χ0v) is 11.2. The van der Waals surface area contributed by atoms with E-state index in [1.165, 1.54) is 0 Å². The van der Waals surface area contributed by atoms with E-state index in [-0.39, 0.29) is 5.91 Å². The Hall–Kier alpha value is -1.82. The first-order chi connectivity index (χ1) is 9.27. The van der Waals surface area contributed by atoms with E-state index in [4.69, 9.17) is 0 Å². The first-order valence-corrected chi connectivity index (χ1v) is 7.00. The third kappa shape index (κ3) is 3.35. The van der Waals surface area contributed by atoms with Crippen LogP contribution in [0.2, 0.25) is 0 Å². The van der Waals surface area contributed by atoms with Crippen molar-refractivity contribution in [2.24, 2.45) is 5.41 Å². The van der Waals surface area contributed by atoms with Gasteiger partial charge in [-0.15, -0.1) is 0 Å². The number of benzene rings is 1. The lowest BCUT2D eigenvalue weighted by Gasteiger charge is -2.23. The molecule has 100 valence electrons. The van der Waals surface area contributed by atoms with E-state index in [9.17, 15) is 10.1 Å². The van der Waals surface area contributed by atoms with Gasteiger partial charge in [0.25, 0.3) is 0 Å². The predicted molar refractivity (Wildman–Crippen MR) is 74.0 cm³/mol. The molecule has 1 aliphatic rings. The van der Waals surface area contributed by atoms with E-state index in [2.05, 4.69) is 11.4 Å². The standard InChI is InChI=1S/C16H20N2O/c17-13-16(10-6-1-2-7-11-16)15(19)18-12-14-8-4-3-5-9-14/h3-5,8-9H,1-2,6-7,10-12H2,(H,18,19). The minimum atomic E-state index is -0.800. The first kappa shape index (κ1) is 13.6. The van der Waals surface area contributed by atoms with Crippen molar-refractivity contribution >= 4 is 5.91 Å². The van der Waals surface area contributed by atoms with Crippen LogP contribution in [-0.4, -0.2) is 5.91 Å². The van der Waals surface area contributed by atoms with E-state index >= 15 is 0 Å². The van der Waals surface area contributed by atoms with Crippen molar-refractivity contribution in [3.63, 3.8) is 0 Å². The lowest BCUT2D eigenvalue weighted by molar-refractivity contribution is -0.129. The summed E-state index contributed by atoms with van der Waals surface area (Å²) < 4.78 is 0. The monoisotopic (exact) mass is 256 g/mol. The molecule has 0 aromatic heterocycles. The highest BCUT2D eigenvalue weighted by Gasteiger charge is 2.38. The number of carbonyl (C=O) groups is 1. The third-order valence-corrected chi connectivity index (χ3v) is 3.90. The Balaban J connectivity index is 1.99. The van der Waals surface area contributed by atoms with Crippen molar-refractivity contribution in [3.05, 3.63) is 35.9 Å². The van der Waals surface area contributed by atoms with Crippen LogP contribution >= 0.6 is 0 Å². The molecular formula is C16H20N2O. The number of nitriles is 1. The van der Waals surface area contributed by atoms with Crippen molar-refractivity contribution in [2.75, 3.05) is 0 Å². The molecule has 1 N–H and O–H groups in total. The van der Waals surface area contributed by atoms with Crippen molar-refractivity contribution in [2.45, 2.75) is 45.1 Å². The van der Waals surface area contributed by atoms with Crippen LogP contribution in [0.25, 0.3) is 0 Å². The van der Waals surface area contributed by atoms with E-state index in [0.29, 0.717) is 19.4 Å². The van der Waals surface area contributed by atoms with Crippen LogP contribution in [0.1, 0.15) is 44.1 Å². The number of amides is 1. The van der Waals surface area contributed by atoms with Crippen LogP contribution in [0.3, 0.4) is 0 Å². The van der Waals surface area contributed by atoms with E-state index in [1.807, 2.05) is 30.3 Å². The maximum Gasteiger partial charge on any atom is 0.240 e. The molecule has 0 bridgehead atoms. The second-order valence-corrected chi connectivity index (χ2v) is 5.28. The number of hydrogen-bond acceptors (Lipinski definition) is 2. The highest BCUT2D eigenvalue weighted by atomic mass is 16.2. The van der Waals surface area contributed by atoms with Crippen LogP contribution in [0.5, 0.6) is 0 Å². The van der Waals surface area contributed by atoms with Crippen molar-refractivity contribution in [1.29, 1.82) is 5.26 Å². The van der Waals surface area contributed by atoms with Crippen molar-refractivity contribution < 1.29 is 4.79 Å². The van der Waals surface area contributed by atoms with Crippen LogP contribution in [-0.2, 0) is 11.3 Å². The molecule has 1 amide bonds. The van der Waals surface area contributed by atoms with Crippen LogP contribution in [0.4, 0.5) is 0 Å². The largest absolute Gasteiger partial charge is 0.351 e. The summed E-state index contributed by atoms with van der Waals surface area (Å²) >= 11 is 0. The predicted octanol–water partition coefficient (Wildman–Crippen LogP) is 3.17. The average molecular weight is 256 g/mol. The molecule has 1 aromatic carbocycles. The molecular weight excluding hydrogens is 236 g/mol. The van der Waals surface area contributed by atoms with Gasteiger partial charge in [0.2, 0.25) is 5.91 Å². The van der Waals surface area contributed by atoms with E-state index in [0.717, 1.165) is 31.2 Å². The Labute approximate surface area is 114 Å². The number of hydrogen-bond donors (Lipinski definition) is 1. The molecule has 1 fully saturated rings. The SMILES string of the molecule is N#CC1(C(=O)NCc2ccccc2)CCCCCC1. The van der Waals surface area contributed by atoms with Gasteiger partial charge >= 0.3 is 0 Å². The number of rotatable bonds is 3. The topological polar surface area (TPSA) is 52.9 Å². The molecule has 19 heavy (non-hydrogen) atoms. The second kappa shape index (κ2) is 6.38. The molecule has 0 unspecified atom stereocenters. The number of carbonyl (C=O) groups excluding carboxylic acids is 1. The molecule has 3 nitrogen and oxygen atoms in total. The van der Waals surface area contributed by atoms with Gasteiger partial charge < -0.3 is 5.32 Å². The van der Waals surface area contributed by atoms with E-state index < -0.39 is 5.41 Å². The van der Waals surface area contributed by atoms with Crippen molar-refractivity contribution in [3.8, 4) is 6.07 Å². The fourth-order valence-corrected chi connectivity index (χ4v) is 2.67. The van der Waals surface area contributed by atoms with Crippen molar-refractivity contribution in [1.82, 2.24) is 5.32 Å². The van der Waals surface area contributed by atoms with Gasteiger partial charge in [-0.25, -0.2) is 0 Å². The van der Waals surface area contributed by atoms with Gasteiger partial charge in [-0.3, -0.25) is 4.79 Å². The molecule has 2 rings (SSSR count). The summed E-state index contributed by atoms with van der Waals surface area (Å²) in [5.41, 5.74) is 0.267. The van der Waals surface area contributed by atoms with Gasteiger partial charge in [-0.1, -0.05) is 56.0 Å². The molecule has 0 radical (unpaired) electrons. The summed E-state index contributed by atoms with van der Waals surface area (Å²) in [6.07, 6.45) is 5.62. The summed E-state index contributed by atoms with van der Waals surface area (Å²) in [5, 5.41) is 12.4. The minimum Gasteiger partial charge on any atom is -0.351 e. The lowest BCUT2D eigenvalue weighted by Crippen LogP contribution is -2.39. The minimum absolute atomic E-state index is 0.0965. The normalized spacial score (nSPS) is 18.1. The quantitative estimate of drug-likeness (QED) is 0.844. The van der Waals surface area contributed by atoms with Gasteiger partial charge in [0.05, 0.1) is 6.07 Å². The van der Waals surface area contributed by atoms with Crippen LogP contribution < -0.4 is 5.32 Å². The molecule has 0 saturated heterocycles. The molecule has 1 aliphatic carbocycles. The Bertz CT molecular complexity index is 453. The zero-order chi connectivity index (χ0) is 13.6. The molecule has 0 atom stereocenters. The molecule has 3 heteroatoms. The molecule has 1 aromatic rings. The maximum absolute atomic E-state index is 12.3. The maximum atomic E-state index is 12.3. The van der Waals surface area contributed by atoms with Crippen LogP contribution in [0, 0.1) is 16.7 Å². The smallest absolute Gasteiger partial charge is 0.240 e. The Morgan fingerprint density at radius 1 is 1.16 bits per heavy atom. The number of nitrogens with one attached hydrogen (secondary N) is 1. The highest BCUT2D eigenvalue weighted by Crippen LogP contribution is 2.34. The first-order valence-electron chi connectivity index (χ1n) is 7.00. The fourth-order valence-electron chi connectivity index (χ4n) is 2.67. The summed E-state index contributed by atoms with van der Waals surface area (Å²) in [7, 11) is 0. The number of nitrogens with zero attached hydrogens (tertiary/aromatic N) is 1. The van der Waals surface area contributed by atoms with E-state index in [1.54, 1.807) is 0 Å². The van der Waals surface area contributed by atoms with Gasteiger partial charge in [-0.05, 0) is 18.4 Å². The molecule has 1 saturated carbocycles. The van der Waals surface area contributed by atoms with Crippen LogP contribution in [0.15, 0.2) is 30.3 Å². The molecule has 0 spiro atoms. The summed E-state index contributed by atoms with van der Waals surface area (Å²) in [6.45, 7) is 0.503. The molecule has 0 heterocycles.